The topological polar surface area (TPSA) is 132 Å². The van der Waals surface area contributed by atoms with Crippen LogP contribution in [0.1, 0.15) is 19.3 Å². The lowest BCUT2D eigenvalue weighted by Crippen LogP contribution is -2.36. The molecule has 0 aromatic carbocycles. The predicted molar refractivity (Wildman–Crippen MR) is 66.2 cm³/mol. The molecule has 1 heterocycles. The van der Waals surface area contributed by atoms with Crippen molar-refractivity contribution in [1.82, 2.24) is 14.7 Å². The maximum Gasteiger partial charge on any atom is 0.325 e. The molecule has 106 valence electrons. The fraction of sp³-hybridized carbons (Fsp3) is 0.600. The van der Waals surface area contributed by atoms with Crippen LogP contribution < -0.4 is 16.0 Å². The number of aliphatic hydroxyl groups is 1. The smallest absolute Gasteiger partial charge is 0.325 e. The van der Waals surface area contributed by atoms with Gasteiger partial charge in [-0.25, -0.2) is 17.9 Å². The van der Waals surface area contributed by atoms with Gasteiger partial charge in [-0.2, -0.15) is 0 Å². The van der Waals surface area contributed by atoms with E-state index in [1.165, 1.54) is 0 Å². The van der Waals surface area contributed by atoms with Crippen molar-refractivity contribution in [3.63, 3.8) is 0 Å². The minimum atomic E-state index is -3.96. The van der Waals surface area contributed by atoms with Crippen LogP contribution in [0.5, 0.6) is 0 Å². The molecule has 0 radical (unpaired) electrons. The van der Waals surface area contributed by atoms with Gasteiger partial charge in [0.05, 0.1) is 0 Å². The molecule has 9 heteroatoms. The molecule has 1 aliphatic rings. The number of aromatic amines is 2. The highest BCUT2D eigenvalue weighted by molar-refractivity contribution is 7.89. The molecule has 0 spiro atoms. The Labute approximate surface area is 108 Å². The molecule has 0 aliphatic heterocycles. The summed E-state index contributed by atoms with van der Waals surface area (Å²) in [6, 6.07) is 0. The molecule has 2 rings (SSSR count). The first kappa shape index (κ1) is 14.0. The van der Waals surface area contributed by atoms with Gasteiger partial charge in [0.1, 0.15) is 0 Å². The fourth-order valence-electron chi connectivity index (χ4n) is 1.85. The summed E-state index contributed by atoms with van der Waals surface area (Å²) in [5.41, 5.74) is -1.91. The van der Waals surface area contributed by atoms with Gasteiger partial charge in [0, 0.05) is 19.3 Å². The summed E-state index contributed by atoms with van der Waals surface area (Å²) in [4.78, 5) is 25.7. The van der Waals surface area contributed by atoms with E-state index in [0.29, 0.717) is 6.42 Å². The van der Waals surface area contributed by atoms with Gasteiger partial charge in [-0.1, -0.05) is 0 Å². The van der Waals surface area contributed by atoms with Gasteiger partial charge in [0.25, 0.3) is 5.56 Å². The Kier molecular flexibility index (Phi) is 3.61. The third kappa shape index (κ3) is 3.11. The van der Waals surface area contributed by atoms with Crippen LogP contribution in [0.3, 0.4) is 0 Å². The lowest BCUT2D eigenvalue weighted by atomic mass is 10.0. The number of sulfonamides is 1. The van der Waals surface area contributed by atoms with Gasteiger partial charge in [0.2, 0.25) is 10.0 Å². The zero-order chi connectivity index (χ0) is 14.1. The van der Waals surface area contributed by atoms with E-state index < -0.39 is 26.2 Å². The quantitative estimate of drug-likeness (QED) is 0.506. The average molecular weight is 289 g/mol. The first-order valence-electron chi connectivity index (χ1n) is 5.81. The molecule has 4 N–H and O–H groups in total. The Balaban J connectivity index is 2.15. The van der Waals surface area contributed by atoms with Crippen LogP contribution in [0.2, 0.25) is 0 Å². The van der Waals surface area contributed by atoms with Gasteiger partial charge in [-0.15, -0.1) is 0 Å². The van der Waals surface area contributed by atoms with E-state index in [-0.39, 0.29) is 18.6 Å². The summed E-state index contributed by atoms with van der Waals surface area (Å²) in [6.07, 6.45) is 3.09. The van der Waals surface area contributed by atoms with Crippen molar-refractivity contribution in [3.8, 4) is 0 Å². The molecule has 1 saturated carbocycles. The van der Waals surface area contributed by atoms with E-state index in [4.69, 9.17) is 5.11 Å². The molecule has 8 nitrogen and oxygen atoms in total. The minimum Gasteiger partial charge on any atom is -0.396 e. The van der Waals surface area contributed by atoms with Gasteiger partial charge >= 0.3 is 5.69 Å². The lowest BCUT2D eigenvalue weighted by Gasteiger charge is -2.14. The molecule has 19 heavy (non-hydrogen) atoms. The molecule has 1 fully saturated rings. The van der Waals surface area contributed by atoms with E-state index >= 15 is 0 Å². The zero-order valence-corrected chi connectivity index (χ0v) is 10.9. The summed E-state index contributed by atoms with van der Waals surface area (Å²) >= 11 is 0. The lowest BCUT2D eigenvalue weighted by molar-refractivity contribution is 0.249. The van der Waals surface area contributed by atoms with Crippen LogP contribution in [-0.4, -0.2) is 36.6 Å². The molecular formula is C10H15N3O5S. The van der Waals surface area contributed by atoms with Gasteiger partial charge in [-0.05, 0) is 24.7 Å². The Hall–Kier alpha value is -1.45. The van der Waals surface area contributed by atoms with E-state index in [1.807, 2.05) is 4.98 Å². The average Bonchev–Trinajstić information content (AvgIpc) is 3.07. The molecule has 1 aliphatic carbocycles. The largest absolute Gasteiger partial charge is 0.396 e. The summed E-state index contributed by atoms with van der Waals surface area (Å²) in [7, 11) is -3.96. The number of aromatic nitrogens is 2. The van der Waals surface area contributed by atoms with Crippen molar-refractivity contribution in [2.45, 2.75) is 24.2 Å². The van der Waals surface area contributed by atoms with Crippen molar-refractivity contribution < 1.29 is 13.5 Å². The Morgan fingerprint density at radius 2 is 2.05 bits per heavy atom. The van der Waals surface area contributed by atoms with Crippen LogP contribution in [0.25, 0.3) is 0 Å². The zero-order valence-electron chi connectivity index (χ0n) is 10.1. The number of nitrogens with one attached hydrogen (secondary N) is 3. The Morgan fingerprint density at radius 3 is 2.58 bits per heavy atom. The molecule has 0 atom stereocenters. The summed E-state index contributed by atoms with van der Waals surface area (Å²) in [6.45, 7) is 0.176. The summed E-state index contributed by atoms with van der Waals surface area (Å²) < 4.78 is 26.2. The second-order valence-electron chi connectivity index (χ2n) is 4.73. The molecule has 0 amide bonds. The molecule has 0 unspecified atom stereocenters. The standard InChI is InChI=1S/C10H15N3O5S/c14-4-3-10(1-2-10)6-12-19(17,18)7-5-11-9(16)13-8(7)15/h5,12,14H,1-4,6H2,(H2,11,13,15,16). The number of aliphatic hydroxyl groups excluding tert-OH is 1. The van der Waals surface area contributed by atoms with Crippen molar-refractivity contribution in [2.24, 2.45) is 5.41 Å². The molecular weight excluding hydrogens is 274 g/mol. The van der Waals surface area contributed by atoms with Crippen molar-refractivity contribution >= 4 is 10.0 Å². The normalized spacial score (nSPS) is 17.3. The highest BCUT2D eigenvalue weighted by Crippen LogP contribution is 2.48. The van der Waals surface area contributed by atoms with Crippen LogP contribution in [-0.2, 0) is 10.0 Å². The van der Waals surface area contributed by atoms with E-state index in [0.717, 1.165) is 19.0 Å². The fourth-order valence-corrected chi connectivity index (χ4v) is 3.01. The van der Waals surface area contributed by atoms with Crippen molar-refractivity contribution in [2.75, 3.05) is 13.2 Å². The second-order valence-corrected chi connectivity index (χ2v) is 6.47. The number of hydrogen-bond acceptors (Lipinski definition) is 5. The van der Waals surface area contributed by atoms with E-state index in [2.05, 4.69) is 9.71 Å². The van der Waals surface area contributed by atoms with Gasteiger partial charge in [-0.3, -0.25) is 9.78 Å². The number of rotatable bonds is 6. The van der Waals surface area contributed by atoms with Crippen LogP contribution in [0.4, 0.5) is 0 Å². The number of H-pyrrole nitrogens is 2. The molecule has 0 bridgehead atoms. The second kappa shape index (κ2) is 4.91. The minimum absolute atomic E-state index is 0.000960. The first-order valence-corrected chi connectivity index (χ1v) is 7.29. The van der Waals surface area contributed by atoms with Crippen molar-refractivity contribution in [3.05, 3.63) is 27.0 Å². The predicted octanol–water partition coefficient (Wildman–Crippen LogP) is -1.50. The van der Waals surface area contributed by atoms with Crippen LogP contribution >= 0.6 is 0 Å². The molecule has 1 aromatic rings. The van der Waals surface area contributed by atoms with E-state index in [1.54, 1.807) is 0 Å². The van der Waals surface area contributed by atoms with Gasteiger partial charge in [0.15, 0.2) is 4.90 Å². The molecule has 1 aromatic heterocycles. The maximum absolute atomic E-state index is 11.9. The Bertz CT molecular complexity index is 671. The van der Waals surface area contributed by atoms with Crippen molar-refractivity contribution in [1.29, 1.82) is 0 Å². The highest BCUT2D eigenvalue weighted by Gasteiger charge is 2.42. The summed E-state index contributed by atoms with van der Waals surface area (Å²) in [5, 5.41) is 8.89. The maximum atomic E-state index is 11.9. The SMILES string of the molecule is O=c1[nH]cc(S(=O)(=O)NCC2(CCO)CC2)c(=O)[nH]1. The third-order valence-corrected chi connectivity index (χ3v) is 4.72. The Morgan fingerprint density at radius 1 is 1.37 bits per heavy atom. The third-order valence-electron chi connectivity index (χ3n) is 3.31. The number of hydrogen-bond donors (Lipinski definition) is 4. The van der Waals surface area contributed by atoms with E-state index in [9.17, 15) is 18.0 Å². The summed E-state index contributed by atoms with van der Waals surface area (Å²) in [5.74, 6) is 0. The monoisotopic (exact) mass is 289 g/mol. The highest BCUT2D eigenvalue weighted by atomic mass is 32.2. The van der Waals surface area contributed by atoms with Crippen LogP contribution in [0, 0.1) is 5.41 Å². The van der Waals surface area contributed by atoms with Crippen LogP contribution in [0.15, 0.2) is 20.7 Å². The van der Waals surface area contributed by atoms with Gasteiger partial charge < -0.3 is 10.1 Å². The first-order chi connectivity index (χ1) is 8.88. The molecule has 0 saturated heterocycles.